The number of amides is 1. The number of halogens is 1. The van der Waals surface area contributed by atoms with Crippen LogP contribution in [0.4, 0.5) is 9.80 Å². The molecule has 1 spiro atoms. The first-order valence-electron chi connectivity index (χ1n) is 13.8. The molecular formula is C29H36FN3O6Si. The molecule has 4 atom stereocenters. The fourth-order valence-corrected chi connectivity index (χ4v) is 9.22. The number of aromatic nitrogens is 2. The van der Waals surface area contributed by atoms with Gasteiger partial charge in [0.25, 0.3) is 11.5 Å². The maximum atomic E-state index is 15.8. The Hall–Kier alpha value is -3.28. The predicted molar refractivity (Wildman–Crippen MR) is 152 cm³/mol. The normalized spacial score (nSPS) is 24.3. The highest BCUT2D eigenvalue weighted by atomic mass is 28.4. The molecule has 0 radical (unpaired) electrons. The van der Waals surface area contributed by atoms with Crippen LogP contribution in [0.2, 0.25) is 18.6 Å². The summed E-state index contributed by atoms with van der Waals surface area (Å²) in [5.74, 6) is -1.09. The molecule has 3 aromatic rings. The molecule has 2 aromatic carbocycles. The SMILES string of the molecule is COC(=O)CCCCN1C(=O)[C@@]2(O[C@@H](CCO)[C@H]([Si](C)(C)F)[C@H]2C)c2cc(-n3[nH]c4ccccc4c3=O)ccc21. The van der Waals surface area contributed by atoms with Gasteiger partial charge in [-0.05, 0) is 62.7 Å². The number of anilines is 1. The Kier molecular flexibility index (Phi) is 7.49. The molecule has 2 aliphatic heterocycles. The molecule has 1 aromatic heterocycles. The lowest BCUT2D eigenvalue weighted by Gasteiger charge is -2.31. The third kappa shape index (κ3) is 4.49. The zero-order valence-corrected chi connectivity index (χ0v) is 24.3. The monoisotopic (exact) mass is 569 g/mol. The number of H-pyrrole nitrogens is 1. The third-order valence-electron chi connectivity index (χ3n) is 8.45. The maximum Gasteiger partial charge on any atom is 0.305 e. The number of hydrogen-bond donors (Lipinski definition) is 2. The van der Waals surface area contributed by atoms with Crippen LogP contribution in [-0.2, 0) is 24.7 Å². The Morgan fingerprint density at radius 3 is 2.62 bits per heavy atom. The van der Waals surface area contributed by atoms with Crippen LogP contribution >= 0.6 is 0 Å². The number of benzene rings is 2. The number of para-hydroxylation sites is 1. The zero-order chi connectivity index (χ0) is 28.8. The van der Waals surface area contributed by atoms with Crippen LogP contribution in [0.5, 0.6) is 0 Å². The Labute approximate surface area is 233 Å². The summed E-state index contributed by atoms with van der Waals surface area (Å²) in [5.41, 5.74) is 0.260. The number of esters is 1. The van der Waals surface area contributed by atoms with Crippen molar-refractivity contribution in [3.8, 4) is 5.69 Å². The molecule has 11 heteroatoms. The van der Waals surface area contributed by atoms with E-state index < -0.39 is 31.6 Å². The smallest absolute Gasteiger partial charge is 0.305 e. The minimum Gasteiger partial charge on any atom is -0.469 e. The van der Waals surface area contributed by atoms with Crippen molar-refractivity contribution in [2.75, 3.05) is 25.2 Å². The lowest BCUT2D eigenvalue weighted by atomic mass is 9.82. The van der Waals surface area contributed by atoms with Crippen molar-refractivity contribution < 1.29 is 28.3 Å². The summed E-state index contributed by atoms with van der Waals surface area (Å²) in [6, 6.07) is 12.6. The van der Waals surface area contributed by atoms with E-state index >= 15 is 4.11 Å². The van der Waals surface area contributed by atoms with E-state index in [4.69, 9.17) is 9.47 Å². The zero-order valence-electron chi connectivity index (χ0n) is 23.3. The molecule has 5 rings (SSSR count). The summed E-state index contributed by atoms with van der Waals surface area (Å²) in [7, 11) is -1.99. The van der Waals surface area contributed by atoms with Crippen LogP contribution in [0.3, 0.4) is 0 Å². The molecule has 2 N–H and O–H groups in total. The van der Waals surface area contributed by atoms with Crippen LogP contribution in [0.1, 0.15) is 38.2 Å². The summed E-state index contributed by atoms with van der Waals surface area (Å²) in [4.78, 5) is 40.8. The van der Waals surface area contributed by atoms with Crippen molar-refractivity contribution in [2.24, 2.45) is 5.92 Å². The van der Waals surface area contributed by atoms with E-state index in [1.807, 2.05) is 19.1 Å². The van der Waals surface area contributed by atoms with Crippen LogP contribution < -0.4 is 10.5 Å². The molecule has 0 unspecified atom stereocenters. The number of nitrogens with zero attached hydrogens (tertiary/aromatic N) is 2. The van der Waals surface area contributed by atoms with E-state index in [0.29, 0.717) is 47.2 Å². The van der Waals surface area contributed by atoms with Gasteiger partial charge in [0, 0.05) is 36.6 Å². The molecule has 1 saturated heterocycles. The number of nitrogens with one attached hydrogen (secondary N) is 1. The van der Waals surface area contributed by atoms with Crippen molar-refractivity contribution in [2.45, 2.75) is 62.9 Å². The van der Waals surface area contributed by atoms with Crippen molar-refractivity contribution >= 4 is 36.9 Å². The van der Waals surface area contributed by atoms with Gasteiger partial charge in [-0.2, -0.15) is 0 Å². The third-order valence-corrected chi connectivity index (χ3v) is 10.9. The van der Waals surface area contributed by atoms with E-state index in [9.17, 15) is 19.5 Å². The lowest BCUT2D eigenvalue weighted by molar-refractivity contribution is -0.146. The van der Waals surface area contributed by atoms with Gasteiger partial charge in [0.1, 0.15) is 0 Å². The quantitative estimate of drug-likeness (QED) is 0.173. The summed E-state index contributed by atoms with van der Waals surface area (Å²) in [6.45, 7) is 5.26. The van der Waals surface area contributed by atoms with Crippen LogP contribution in [-0.4, -0.2) is 61.5 Å². The van der Waals surface area contributed by atoms with Gasteiger partial charge < -0.3 is 23.6 Å². The van der Waals surface area contributed by atoms with E-state index in [1.165, 1.54) is 11.8 Å². The molecule has 0 bridgehead atoms. The lowest BCUT2D eigenvalue weighted by Crippen LogP contribution is -2.45. The average molecular weight is 570 g/mol. The van der Waals surface area contributed by atoms with E-state index in [-0.39, 0.29) is 36.9 Å². The Morgan fingerprint density at radius 2 is 1.95 bits per heavy atom. The predicted octanol–water partition coefficient (Wildman–Crippen LogP) is 4.17. The Morgan fingerprint density at radius 1 is 1.20 bits per heavy atom. The summed E-state index contributed by atoms with van der Waals surface area (Å²) in [6.07, 6.45) is 0.939. The van der Waals surface area contributed by atoms with Crippen LogP contribution in [0.15, 0.2) is 47.3 Å². The van der Waals surface area contributed by atoms with Gasteiger partial charge >= 0.3 is 5.97 Å². The number of rotatable bonds is 9. The molecule has 214 valence electrons. The number of unbranched alkanes of at least 4 members (excludes halogenated alkanes) is 1. The first-order valence-corrected chi connectivity index (χ1v) is 16.7. The van der Waals surface area contributed by atoms with Crippen LogP contribution in [0, 0.1) is 5.92 Å². The second kappa shape index (κ2) is 10.6. The van der Waals surface area contributed by atoms with Gasteiger partial charge in [-0.15, -0.1) is 0 Å². The van der Waals surface area contributed by atoms with E-state index in [0.717, 1.165) is 0 Å². The first kappa shape index (κ1) is 28.3. The number of aliphatic hydroxyl groups is 1. The number of fused-ring (bicyclic) bond motifs is 3. The van der Waals surface area contributed by atoms with E-state index in [2.05, 4.69) is 5.10 Å². The second-order valence-electron chi connectivity index (χ2n) is 11.3. The molecule has 0 aliphatic carbocycles. The van der Waals surface area contributed by atoms with Crippen molar-refractivity contribution in [1.82, 2.24) is 9.78 Å². The molecule has 2 aliphatic rings. The number of ether oxygens (including phenoxy) is 2. The highest BCUT2D eigenvalue weighted by molar-refractivity contribution is 6.72. The fourth-order valence-electron chi connectivity index (χ4n) is 6.68. The van der Waals surface area contributed by atoms with Crippen molar-refractivity contribution in [1.29, 1.82) is 0 Å². The standard InChI is InChI=1S/C29H36FN3O6Si/c1-18-26(40(3,4)30)24(14-16-34)39-29(18)21-17-19(33-27(36)20-9-5-6-10-22(20)31-33)12-13-23(21)32(28(29)37)15-8-7-11-25(35)38-2/h5-6,9-10,12-13,17-18,24,26,31,34H,7-8,11,14-16H2,1-4H3/t18-,24+,26-,29+/m1/s1. The topological polar surface area (TPSA) is 114 Å². The number of methoxy groups -OCH3 is 1. The van der Waals surface area contributed by atoms with Gasteiger partial charge in [-0.25, -0.2) is 4.68 Å². The Bertz CT molecular complexity index is 1500. The molecule has 3 heterocycles. The number of aromatic amines is 1. The average Bonchev–Trinajstić information content (AvgIpc) is 3.50. The second-order valence-corrected chi connectivity index (χ2v) is 15.1. The van der Waals surface area contributed by atoms with Crippen molar-refractivity contribution in [3.63, 3.8) is 0 Å². The summed E-state index contributed by atoms with van der Waals surface area (Å²) < 4.78 is 28.5. The highest BCUT2D eigenvalue weighted by Gasteiger charge is 2.66. The number of aliphatic hydroxyl groups excluding tert-OH is 1. The van der Waals surface area contributed by atoms with Gasteiger partial charge in [0.05, 0.1) is 35.5 Å². The summed E-state index contributed by atoms with van der Waals surface area (Å²) >= 11 is 0. The molecule has 40 heavy (non-hydrogen) atoms. The van der Waals surface area contributed by atoms with Crippen LogP contribution in [0.25, 0.3) is 16.6 Å². The molecule has 9 nitrogen and oxygen atoms in total. The molecule has 0 saturated carbocycles. The highest BCUT2D eigenvalue weighted by Crippen LogP contribution is 2.60. The van der Waals surface area contributed by atoms with Gasteiger partial charge in [-0.3, -0.25) is 19.5 Å². The fraction of sp³-hybridized carbons (Fsp3) is 0.483. The van der Waals surface area contributed by atoms with Gasteiger partial charge in [0.2, 0.25) is 8.41 Å². The Balaban J connectivity index is 1.61. The maximum absolute atomic E-state index is 15.8. The number of carbonyl (C=O) groups excluding carboxylic acids is 2. The molecule has 1 amide bonds. The number of hydrogen-bond acceptors (Lipinski definition) is 6. The van der Waals surface area contributed by atoms with Crippen molar-refractivity contribution in [3.05, 3.63) is 58.4 Å². The minimum atomic E-state index is -3.33. The van der Waals surface area contributed by atoms with E-state index in [1.54, 1.807) is 48.3 Å². The largest absolute Gasteiger partial charge is 0.469 e. The summed E-state index contributed by atoms with van der Waals surface area (Å²) in [5, 5.41) is 13.5. The van der Waals surface area contributed by atoms with Gasteiger partial charge in [0.15, 0.2) is 5.60 Å². The van der Waals surface area contributed by atoms with Gasteiger partial charge in [-0.1, -0.05) is 19.1 Å². The number of carbonyl (C=O) groups is 2. The minimum absolute atomic E-state index is 0.183. The molecular weight excluding hydrogens is 533 g/mol. The first-order chi connectivity index (χ1) is 19.0. The molecule has 1 fully saturated rings.